The van der Waals surface area contributed by atoms with Crippen LogP contribution in [0.4, 0.5) is 10.2 Å². The lowest BCUT2D eigenvalue weighted by molar-refractivity contribution is 0.386. The number of nitrogen functional groups attached to an aromatic ring is 1. The Morgan fingerprint density at radius 2 is 2.11 bits per heavy atom. The third kappa shape index (κ3) is 2.01. The van der Waals surface area contributed by atoms with Gasteiger partial charge in [0.2, 0.25) is 0 Å². The molecule has 0 unspecified atom stereocenters. The van der Waals surface area contributed by atoms with Gasteiger partial charge in [-0.05, 0) is 18.1 Å². The van der Waals surface area contributed by atoms with Gasteiger partial charge in [-0.1, -0.05) is 19.1 Å². The predicted octanol–water partition coefficient (Wildman–Crippen LogP) is 2.12. The Kier molecular flexibility index (Phi) is 3.18. The van der Waals surface area contributed by atoms with Gasteiger partial charge in [0.15, 0.2) is 17.4 Å². The van der Waals surface area contributed by atoms with Crippen LogP contribution in [0.15, 0.2) is 18.2 Å². The first-order valence-corrected chi connectivity index (χ1v) is 5.59. The molecule has 96 valence electrons. The second kappa shape index (κ2) is 4.64. The van der Waals surface area contributed by atoms with Crippen LogP contribution >= 0.6 is 0 Å². The van der Waals surface area contributed by atoms with E-state index in [1.54, 1.807) is 16.8 Å². The van der Waals surface area contributed by atoms with E-state index in [-0.39, 0.29) is 11.7 Å². The predicted molar refractivity (Wildman–Crippen MR) is 66.4 cm³/mol. The molecule has 0 bridgehead atoms. The molecule has 0 aliphatic carbocycles. The molecular formula is C12H15FN4O. The molecule has 1 aromatic carbocycles. The van der Waals surface area contributed by atoms with E-state index in [0.29, 0.717) is 11.5 Å². The largest absolute Gasteiger partial charge is 0.494 e. The number of hydrogen-bond acceptors (Lipinski definition) is 4. The van der Waals surface area contributed by atoms with Crippen molar-refractivity contribution in [2.75, 3.05) is 12.8 Å². The fourth-order valence-electron chi connectivity index (χ4n) is 1.81. The number of aromatic nitrogens is 3. The summed E-state index contributed by atoms with van der Waals surface area (Å²) in [5, 5.41) is 7.82. The summed E-state index contributed by atoms with van der Waals surface area (Å²) < 4.78 is 19.9. The maximum absolute atomic E-state index is 13.4. The van der Waals surface area contributed by atoms with E-state index >= 15 is 0 Å². The van der Waals surface area contributed by atoms with Crippen LogP contribution in [-0.2, 0) is 0 Å². The van der Waals surface area contributed by atoms with Crippen molar-refractivity contribution in [3.05, 3.63) is 29.7 Å². The van der Waals surface area contributed by atoms with Crippen molar-refractivity contribution in [1.29, 1.82) is 0 Å². The zero-order valence-electron chi connectivity index (χ0n) is 10.5. The Labute approximate surface area is 104 Å². The number of anilines is 1. The van der Waals surface area contributed by atoms with Crippen molar-refractivity contribution in [3.8, 4) is 11.4 Å². The molecule has 0 atom stereocenters. The molecule has 0 spiro atoms. The van der Waals surface area contributed by atoms with Gasteiger partial charge in [-0.2, -0.15) is 0 Å². The molecule has 2 aromatic rings. The van der Waals surface area contributed by atoms with Crippen LogP contribution < -0.4 is 10.5 Å². The number of nitrogens with zero attached hydrogens (tertiary/aromatic N) is 3. The summed E-state index contributed by atoms with van der Waals surface area (Å²) in [5.74, 6) is 0.293. The highest BCUT2D eigenvalue weighted by Crippen LogP contribution is 2.26. The van der Waals surface area contributed by atoms with Crippen molar-refractivity contribution < 1.29 is 9.13 Å². The number of benzene rings is 1. The molecule has 0 radical (unpaired) electrons. The Hall–Kier alpha value is -2.11. The van der Waals surface area contributed by atoms with Crippen LogP contribution in [0.25, 0.3) is 5.69 Å². The van der Waals surface area contributed by atoms with Crippen LogP contribution in [0.3, 0.4) is 0 Å². The lowest BCUT2D eigenvalue weighted by atomic mass is 10.1. The summed E-state index contributed by atoms with van der Waals surface area (Å²) in [6, 6.07) is 4.50. The van der Waals surface area contributed by atoms with Crippen molar-refractivity contribution in [2.24, 2.45) is 0 Å². The summed E-state index contributed by atoms with van der Waals surface area (Å²) >= 11 is 0. The summed E-state index contributed by atoms with van der Waals surface area (Å²) in [7, 11) is 1.42. The Balaban J connectivity index is 2.55. The van der Waals surface area contributed by atoms with Gasteiger partial charge in [0, 0.05) is 6.07 Å². The van der Waals surface area contributed by atoms with E-state index < -0.39 is 5.82 Å². The number of hydrogen-bond donors (Lipinski definition) is 1. The Bertz CT molecular complexity index is 565. The first-order chi connectivity index (χ1) is 8.54. The minimum absolute atomic E-state index is 0.163. The molecule has 18 heavy (non-hydrogen) atoms. The number of methoxy groups -OCH3 is 1. The van der Waals surface area contributed by atoms with Gasteiger partial charge in [0.25, 0.3) is 0 Å². The number of halogens is 1. The molecule has 1 aromatic heterocycles. The highest BCUT2D eigenvalue weighted by atomic mass is 19.1. The van der Waals surface area contributed by atoms with Gasteiger partial charge in [0.05, 0.1) is 18.5 Å². The molecule has 2 rings (SSSR count). The van der Waals surface area contributed by atoms with E-state index in [4.69, 9.17) is 10.5 Å². The van der Waals surface area contributed by atoms with Crippen molar-refractivity contribution in [3.63, 3.8) is 0 Å². The van der Waals surface area contributed by atoms with E-state index in [1.807, 2.05) is 13.8 Å². The quantitative estimate of drug-likeness (QED) is 0.906. The fourth-order valence-corrected chi connectivity index (χ4v) is 1.81. The molecule has 1 heterocycles. The van der Waals surface area contributed by atoms with Gasteiger partial charge in [-0.25, -0.2) is 9.07 Å². The molecule has 6 heteroatoms. The molecule has 2 N–H and O–H groups in total. The summed E-state index contributed by atoms with van der Waals surface area (Å²) in [6.45, 7) is 3.98. The second-order valence-electron chi connectivity index (χ2n) is 4.25. The zero-order chi connectivity index (χ0) is 13.3. The first-order valence-electron chi connectivity index (χ1n) is 5.59. The molecule has 0 saturated carbocycles. The maximum atomic E-state index is 13.4. The van der Waals surface area contributed by atoms with Gasteiger partial charge in [-0.15, -0.1) is 5.10 Å². The highest BCUT2D eigenvalue weighted by molar-refractivity contribution is 5.45. The van der Waals surface area contributed by atoms with Gasteiger partial charge in [-0.3, -0.25) is 0 Å². The highest BCUT2D eigenvalue weighted by Gasteiger charge is 2.16. The molecule has 0 aliphatic rings. The van der Waals surface area contributed by atoms with Gasteiger partial charge >= 0.3 is 0 Å². The van der Waals surface area contributed by atoms with Crippen molar-refractivity contribution >= 4 is 5.82 Å². The summed E-state index contributed by atoms with van der Waals surface area (Å²) in [6.07, 6.45) is 0. The van der Waals surface area contributed by atoms with Gasteiger partial charge < -0.3 is 10.5 Å². The molecule has 0 aliphatic heterocycles. The Morgan fingerprint density at radius 3 is 2.72 bits per heavy atom. The molecular weight excluding hydrogens is 235 g/mol. The van der Waals surface area contributed by atoms with Crippen LogP contribution in [0, 0.1) is 5.82 Å². The second-order valence-corrected chi connectivity index (χ2v) is 4.25. The van der Waals surface area contributed by atoms with Crippen molar-refractivity contribution in [2.45, 2.75) is 19.8 Å². The smallest absolute Gasteiger partial charge is 0.169 e. The SMILES string of the molecule is COc1cc(-n2nnc(N)c2C(C)C)ccc1F. The lowest BCUT2D eigenvalue weighted by Crippen LogP contribution is -2.06. The van der Waals surface area contributed by atoms with Gasteiger partial charge in [0.1, 0.15) is 0 Å². The molecule has 0 saturated heterocycles. The zero-order valence-corrected chi connectivity index (χ0v) is 10.5. The Morgan fingerprint density at radius 1 is 1.39 bits per heavy atom. The first kappa shape index (κ1) is 12.3. The van der Waals surface area contributed by atoms with Crippen LogP contribution in [0.2, 0.25) is 0 Å². The summed E-state index contributed by atoms with van der Waals surface area (Å²) in [4.78, 5) is 0. The minimum atomic E-state index is -0.416. The van der Waals surface area contributed by atoms with Crippen LogP contribution in [0.1, 0.15) is 25.5 Å². The number of nitrogens with two attached hydrogens (primary N) is 1. The number of ether oxygens (including phenoxy) is 1. The van der Waals surface area contributed by atoms with Crippen LogP contribution in [0.5, 0.6) is 5.75 Å². The summed E-state index contributed by atoms with van der Waals surface area (Å²) in [5.41, 5.74) is 7.24. The van der Waals surface area contributed by atoms with Crippen molar-refractivity contribution in [1.82, 2.24) is 15.0 Å². The topological polar surface area (TPSA) is 66.0 Å². The fraction of sp³-hybridized carbons (Fsp3) is 0.333. The number of rotatable bonds is 3. The average Bonchev–Trinajstić information content (AvgIpc) is 2.72. The minimum Gasteiger partial charge on any atom is -0.494 e. The van der Waals surface area contributed by atoms with E-state index in [2.05, 4.69) is 10.3 Å². The van der Waals surface area contributed by atoms with E-state index in [1.165, 1.54) is 13.2 Å². The monoisotopic (exact) mass is 250 g/mol. The lowest BCUT2D eigenvalue weighted by Gasteiger charge is -2.11. The average molecular weight is 250 g/mol. The van der Waals surface area contributed by atoms with E-state index in [0.717, 1.165) is 5.69 Å². The standard InChI is InChI=1S/C12H15FN4O/c1-7(2)11-12(14)15-16-17(11)8-4-5-9(13)10(6-8)18-3/h4-7H,14H2,1-3H3. The third-order valence-electron chi connectivity index (χ3n) is 2.66. The molecule has 5 nitrogen and oxygen atoms in total. The molecule has 0 fully saturated rings. The maximum Gasteiger partial charge on any atom is 0.169 e. The third-order valence-corrected chi connectivity index (χ3v) is 2.66. The normalized spacial score (nSPS) is 10.9. The van der Waals surface area contributed by atoms with E-state index in [9.17, 15) is 4.39 Å². The molecule has 0 amide bonds. The van der Waals surface area contributed by atoms with Crippen LogP contribution in [-0.4, -0.2) is 22.1 Å².